The fraction of sp³-hybridized carbons (Fsp3) is 0.538. The van der Waals surface area contributed by atoms with E-state index in [9.17, 15) is 13.2 Å². The van der Waals surface area contributed by atoms with Crippen LogP contribution in [0.2, 0.25) is 5.02 Å². The highest BCUT2D eigenvalue weighted by Gasteiger charge is 2.27. The molecule has 0 fully saturated rings. The number of para-hydroxylation sites is 1. The zero-order valence-electron chi connectivity index (χ0n) is 11.0. The Bertz CT molecular complexity index is 429. The van der Waals surface area contributed by atoms with Crippen molar-refractivity contribution < 1.29 is 17.9 Å². The van der Waals surface area contributed by atoms with Crippen LogP contribution in [0.1, 0.15) is 18.9 Å². The van der Waals surface area contributed by atoms with Crippen molar-refractivity contribution in [3.8, 4) is 5.75 Å². The maximum atomic E-state index is 12.0. The average molecular weight is 328 g/mol. The van der Waals surface area contributed by atoms with Crippen molar-refractivity contribution in [3.05, 3.63) is 28.8 Å². The van der Waals surface area contributed by atoms with Crippen LogP contribution in [0.25, 0.3) is 0 Å². The maximum Gasteiger partial charge on any atom is 0.441 e. The first kappa shape index (κ1) is 17.5. The summed E-state index contributed by atoms with van der Waals surface area (Å²) in [6.45, 7) is 1.91. The first-order valence-electron chi connectivity index (χ1n) is 6.20. The van der Waals surface area contributed by atoms with Crippen LogP contribution in [0.3, 0.4) is 0 Å². The van der Waals surface area contributed by atoms with Gasteiger partial charge < -0.3 is 10.5 Å². The molecular weight excluding hydrogens is 311 g/mol. The topological polar surface area (TPSA) is 35.2 Å². The van der Waals surface area contributed by atoms with Gasteiger partial charge in [-0.3, -0.25) is 0 Å². The van der Waals surface area contributed by atoms with E-state index in [1.165, 1.54) is 0 Å². The van der Waals surface area contributed by atoms with Gasteiger partial charge in [0.05, 0.1) is 11.6 Å². The van der Waals surface area contributed by atoms with Gasteiger partial charge in [0.1, 0.15) is 5.75 Å². The van der Waals surface area contributed by atoms with Crippen molar-refractivity contribution in [1.29, 1.82) is 0 Å². The molecule has 0 bridgehead atoms. The third kappa shape index (κ3) is 6.24. The molecule has 0 spiro atoms. The van der Waals surface area contributed by atoms with Crippen molar-refractivity contribution in [2.24, 2.45) is 5.73 Å². The third-order valence-electron chi connectivity index (χ3n) is 2.65. The second kappa shape index (κ2) is 8.00. The number of alkyl halides is 3. The van der Waals surface area contributed by atoms with Crippen LogP contribution in [0.15, 0.2) is 18.2 Å². The van der Waals surface area contributed by atoms with E-state index in [4.69, 9.17) is 22.1 Å². The van der Waals surface area contributed by atoms with Crippen molar-refractivity contribution in [1.82, 2.24) is 0 Å². The van der Waals surface area contributed by atoms with Crippen molar-refractivity contribution >= 4 is 23.4 Å². The smallest absolute Gasteiger partial charge is 0.441 e. The zero-order valence-corrected chi connectivity index (χ0v) is 12.6. The van der Waals surface area contributed by atoms with Crippen LogP contribution in [-0.2, 0) is 6.42 Å². The third-order valence-corrected chi connectivity index (χ3v) is 3.65. The molecule has 0 saturated heterocycles. The molecule has 0 aliphatic heterocycles. The Labute approximate surface area is 125 Å². The van der Waals surface area contributed by atoms with Gasteiger partial charge in [0.15, 0.2) is 0 Å². The molecule has 1 aromatic rings. The molecule has 1 unspecified atom stereocenters. The second-order valence-electron chi connectivity index (χ2n) is 4.24. The van der Waals surface area contributed by atoms with Crippen LogP contribution in [0.5, 0.6) is 5.75 Å². The van der Waals surface area contributed by atoms with Gasteiger partial charge in [0, 0.05) is 11.8 Å². The maximum absolute atomic E-state index is 12.0. The summed E-state index contributed by atoms with van der Waals surface area (Å²) in [6, 6.07) is 5.22. The molecule has 1 atom stereocenters. The highest BCUT2D eigenvalue weighted by Crippen LogP contribution is 2.32. The number of benzene rings is 1. The molecule has 7 heteroatoms. The normalized spacial score (nSPS) is 13.3. The molecule has 0 heterocycles. The summed E-state index contributed by atoms with van der Waals surface area (Å²) in [5.41, 5.74) is 2.47. The summed E-state index contributed by atoms with van der Waals surface area (Å²) >= 11 is 5.92. The Morgan fingerprint density at radius 2 is 2.10 bits per heavy atom. The highest BCUT2D eigenvalue weighted by atomic mass is 35.5. The lowest BCUT2D eigenvalue weighted by molar-refractivity contribution is -0.0329. The summed E-state index contributed by atoms with van der Waals surface area (Å²) in [6.07, 6.45) is 1.38. The molecule has 1 aromatic carbocycles. The van der Waals surface area contributed by atoms with E-state index in [0.717, 1.165) is 12.0 Å². The number of rotatable bonds is 7. The Morgan fingerprint density at radius 3 is 2.70 bits per heavy atom. The molecule has 0 aliphatic carbocycles. The summed E-state index contributed by atoms with van der Waals surface area (Å²) in [7, 11) is 0. The Hall–Kier alpha value is -0.590. The van der Waals surface area contributed by atoms with Gasteiger partial charge in [-0.2, -0.15) is 13.2 Å². The predicted octanol–water partition coefficient (Wildman–Crippen LogP) is 4.25. The quantitative estimate of drug-likeness (QED) is 0.760. The van der Waals surface area contributed by atoms with E-state index in [2.05, 4.69) is 0 Å². The van der Waals surface area contributed by atoms with Crippen molar-refractivity contribution in [3.63, 3.8) is 0 Å². The van der Waals surface area contributed by atoms with Gasteiger partial charge in [-0.15, -0.1) is 0 Å². The molecule has 2 nitrogen and oxygen atoms in total. The highest BCUT2D eigenvalue weighted by molar-refractivity contribution is 8.00. The van der Waals surface area contributed by atoms with Crippen LogP contribution < -0.4 is 10.5 Å². The lowest BCUT2D eigenvalue weighted by Gasteiger charge is -2.16. The molecule has 2 N–H and O–H groups in total. The summed E-state index contributed by atoms with van der Waals surface area (Å²) in [5, 5.41) is 0.391. The lowest BCUT2D eigenvalue weighted by Crippen LogP contribution is -2.22. The minimum Gasteiger partial charge on any atom is -0.491 e. The van der Waals surface area contributed by atoms with Crippen LogP contribution >= 0.6 is 23.4 Å². The number of nitrogens with two attached hydrogens (primary N) is 1. The van der Waals surface area contributed by atoms with E-state index in [1.807, 2.05) is 13.0 Å². The fourth-order valence-electron chi connectivity index (χ4n) is 1.60. The Morgan fingerprint density at radius 1 is 1.40 bits per heavy atom. The first-order valence-corrected chi connectivity index (χ1v) is 7.56. The van der Waals surface area contributed by atoms with Crippen LogP contribution in [-0.4, -0.2) is 23.9 Å². The number of hydrogen-bond acceptors (Lipinski definition) is 3. The monoisotopic (exact) mass is 327 g/mol. The standard InChI is InChI=1S/C13H17ClF3NOS/c1-2-10(18)8-9-4-3-5-11(14)12(9)19-6-7-20-13(15,16)17/h3-5,10H,2,6-8,18H2,1H3. The molecule has 0 saturated carbocycles. The van der Waals surface area contributed by atoms with E-state index in [-0.39, 0.29) is 30.2 Å². The summed E-state index contributed by atoms with van der Waals surface area (Å²) < 4.78 is 41.5. The molecule has 0 aliphatic rings. The average Bonchev–Trinajstić information content (AvgIpc) is 2.35. The lowest BCUT2D eigenvalue weighted by atomic mass is 10.0. The van der Waals surface area contributed by atoms with E-state index < -0.39 is 5.51 Å². The first-order chi connectivity index (χ1) is 9.33. The second-order valence-corrected chi connectivity index (χ2v) is 5.81. The van der Waals surface area contributed by atoms with Gasteiger partial charge in [0.2, 0.25) is 0 Å². The van der Waals surface area contributed by atoms with Gasteiger partial charge >= 0.3 is 5.51 Å². The van der Waals surface area contributed by atoms with Gasteiger partial charge in [-0.25, -0.2) is 0 Å². The van der Waals surface area contributed by atoms with Crippen molar-refractivity contribution in [2.75, 3.05) is 12.4 Å². The number of halogens is 4. The Balaban J connectivity index is 2.63. The molecule has 20 heavy (non-hydrogen) atoms. The minimum absolute atomic E-state index is 0.0274. The van der Waals surface area contributed by atoms with Crippen LogP contribution in [0.4, 0.5) is 13.2 Å². The van der Waals surface area contributed by atoms with Crippen molar-refractivity contribution in [2.45, 2.75) is 31.3 Å². The summed E-state index contributed by atoms with van der Waals surface area (Å²) in [4.78, 5) is 0. The number of ether oxygens (including phenoxy) is 1. The van der Waals surface area contributed by atoms with Gasteiger partial charge in [-0.05, 0) is 36.2 Å². The van der Waals surface area contributed by atoms with Crippen LogP contribution in [0, 0.1) is 0 Å². The Kier molecular flexibility index (Phi) is 6.99. The van der Waals surface area contributed by atoms with E-state index >= 15 is 0 Å². The molecule has 0 amide bonds. The molecule has 0 radical (unpaired) electrons. The van der Waals surface area contributed by atoms with Gasteiger partial charge in [-0.1, -0.05) is 30.7 Å². The zero-order chi connectivity index (χ0) is 15.2. The molecule has 0 aromatic heterocycles. The van der Waals surface area contributed by atoms with E-state index in [0.29, 0.717) is 17.2 Å². The number of thioether (sulfide) groups is 1. The molecular formula is C13H17ClF3NOS. The predicted molar refractivity (Wildman–Crippen MR) is 77.4 cm³/mol. The summed E-state index contributed by atoms with van der Waals surface area (Å²) in [5.74, 6) is 0.259. The largest absolute Gasteiger partial charge is 0.491 e. The van der Waals surface area contributed by atoms with E-state index in [1.54, 1.807) is 12.1 Å². The molecule has 1 rings (SSSR count). The number of hydrogen-bond donors (Lipinski definition) is 1. The minimum atomic E-state index is -4.24. The van der Waals surface area contributed by atoms with Gasteiger partial charge in [0.25, 0.3) is 0 Å². The molecule has 114 valence electrons. The SMILES string of the molecule is CCC(N)Cc1cccc(Cl)c1OCCSC(F)(F)F. The fourth-order valence-corrected chi connectivity index (χ4v) is 2.25.